The van der Waals surface area contributed by atoms with Gasteiger partial charge >= 0.3 is 0 Å². The molecular formula is C14H9ClIN3O. The van der Waals surface area contributed by atoms with E-state index in [2.05, 4.69) is 27.9 Å². The zero-order valence-corrected chi connectivity index (χ0v) is 13.1. The number of nitriles is 1. The lowest BCUT2D eigenvalue weighted by atomic mass is 10.1. The molecule has 0 fully saturated rings. The van der Waals surface area contributed by atoms with Crippen LogP contribution >= 0.6 is 34.2 Å². The highest BCUT2D eigenvalue weighted by atomic mass is 127. The van der Waals surface area contributed by atoms with Crippen molar-refractivity contribution in [3.8, 4) is 6.07 Å². The Labute approximate surface area is 134 Å². The minimum absolute atomic E-state index is 0.315. The fourth-order valence-electron chi connectivity index (χ4n) is 1.62. The van der Waals surface area contributed by atoms with Crippen molar-refractivity contribution in [1.82, 2.24) is 0 Å². The van der Waals surface area contributed by atoms with Crippen molar-refractivity contribution < 1.29 is 4.79 Å². The number of nitrogen functional groups attached to an aromatic ring is 1. The molecule has 0 bridgehead atoms. The number of carbonyl (C=O) groups is 1. The molecule has 0 saturated carbocycles. The molecule has 2 aromatic rings. The number of carbonyl (C=O) groups excluding carboxylic acids is 1. The van der Waals surface area contributed by atoms with Crippen molar-refractivity contribution in [2.75, 3.05) is 11.1 Å². The Morgan fingerprint density at radius 2 is 2.05 bits per heavy atom. The van der Waals surface area contributed by atoms with Crippen molar-refractivity contribution in [2.45, 2.75) is 0 Å². The fourth-order valence-corrected chi connectivity index (χ4v) is 2.38. The van der Waals surface area contributed by atoms with E-state index in [-0.39, 0.29) is 5.91 Å². The number of hydrogen-bond donors (Lipinski definition) is 2. The minimum atomic E-state index is -0.321. The van der Waals surface area contributed by atoms with Crippen LogP contribution in [0.3, 0.4) is 0 Å². The zero-order chi connectivity index (χ0) is 14.7. The van der Waals surface area contributed by atoms with Crippen LogP contribution in [0.25, 0.3) is 0 Å². The highest BCUT2D eigenvalue weighted by molar-refractivity contribution is 14.1. The second kappa shape index (κ2) is 6.11. The van der Waals surface area contributed by atoms with Crippen LogP contribution in [-0.2, 0) is 0 Å². The average Bonchev–Trinajstić information content (AvgIpc) is 2.43. The molecule has 0 unspecified atom stereocenters. The van der Waals surface area contributed by atoms with Crippen molar-refractivity contribution in [3.63, 3.8) is 0 Å². The van der Waals surface area contributed by atoms with Gasteiger partial charge in [-0.1, -0.05) is 11.6 Å². The smallest absolute Gasteiger partial charge is 0.256 e. The first-order valence-electron chi connectivity index (χ1n) is 5.57. The number of nitrogens with two attached hydrogens (primary N) is 1. The van der Waals surface area contributed by atoms with E-state index in [0.29, 0.717) is 27.5 Å². The Hall–Kier alpha value is -1.78. The summed E-state index contributed by atoms with van der Waals surface area (Å²) in [4.78, 5) is 12.2. The number of benzene rings is 2. The molecule has 20 heavy (non-hydrogen) atoms. The summed E-state index contributed by atoms with van der Waals surface area (Å²) in [6.45, 7) is 0. The van der Waals surface area contributed by atoms with Gasteiger partial charge in [-0.15, -0.1) is 0 Å². The Balaban J connectivity index is 2.33. The zero-order valence-electron chi connectivity index (χ0n) is 10.2. The van der Waals surface area contributed by atoms with E-state index in [1.165, 1.54) is 6.07 Å². The molecule has 0 aliphatic carbocycles. The van der Waals surface area contributed by atoms with Gasteiger partial charge in [-0.05, 0) is 59.0 Å². The summed E-state index contributed by atoms with van der Waals surface area (Å²) in [5, 5.41) is 12.2. The molecule has 0 spiro atoms. The standard InChI is InChI=1S/C14H9ClIN3O/c15-9-1-3-12(16)11(6-9)14(20)19-13-4-2-10(18)5-8(13)7-17/h1-6H,18H2,(H,19,20). The monoisotopic (exact) mass is 397 g/mol. The fraction of sp³-hybridized carbons (Fsp3) is 0. The maximum absolute atomic E-state index is 12.2. The van der Waals surface area contributed by atoms with E-state index in [9.17, 15) is 4.79 Å². The van der Waals surface area contributed by atoms with Crippen LogP contribution in [0.2, 0.25) is 5.02 Å². The second-order valence-corrected chi connectivity index (χ2v) is 5.59. The summed E-state index contributed by atoms with van der Waals surface area (Å²) in [5.41, 5.74) is 7.27. The average molecular weight is 398 g/mol. The molecule has 0 saturated heterocycles. The first-order chi connectivity index (χ1) is 9.51. The number of halogens is 2. The third-order valence-corrected chi connectivity index (χ3v) is 3.76. The van der Waals surface area contributed by atoms with E-state index >= 15 is 0 Å². The van der Waals surface area contributed by atoms with Crippen LogP contribution in [0, 0.1) is 14.9 Å². The van der Waals surface area contributed by atoms with Crippen molar-refractivity contribution in [3.05, 3.63) is 56.1 Å². The Morgan fingerprint density at radius 3 is 2.75 bits per heavy atom. The van der Waals surface area contributed by atoms with Gasteiger partial charge in [0.1, 0.15) is 6.07 Å². The van der Waals surface area contributed by atoms with Gasteiger partial charge in [0.15, 0.2) is 0 Å². The van der Waals surface area contributed by atoms with E-state index in [4.69, 9.17) is 22.6 Å². The lowest BCUT2D eigenvalue weighted by molar-refractivity contribution is 0.102. The lowest BCUT2D eigenvalue weighted by Gasteiger charge is -2.09. The van der Waals surface area contributed by atoms with Gasteiger partial charge in [-0.25, -0.2) is 0 Å². The number of hydrogen-bond acceptors (Lipinski definition) is 3. The number of anilines is 2. The molecule has 0 atom stereocenters. The SMILES string of the molecule is N#Cc1cc(N)ccc1NC(=O)c1cc(Cl)ccc1I. The predicted molar refractivity (Wildman–Crippen MR) is 87.7 cm³/mol. The van der Waals surface area contributed by atoms with Crippen molar-refractivity contribution in [1.29, 1.82) is 5.26 Å². The number of amides is 1. The van der Waals surface area contributed by atoms with Crippen molar-refractivity contribution in [2.24, 2.45) is 0 Å². The summed E-state index contributed by atoms with van der Waals surface area (Å²) in [6.07, 6.45) is 0. The van der Waals surface area contributed by atoms with Crippen LogP contribution < -0.4 is 11.1 Å². The molecule has 1 amide bonds. The Kier molecular flexibility index (Phi) is 4.47. The Bertz CT molecular complexity index is 725. The molecule has 6 heteroatoms. The van der Waals surface area contributed by atoms with Crippen molar-refractivity contribution >= 4 is 51.5 Å². The van der Waals surface area contributed by atoms with Gasteiger partial charge < -0.3 is 11.1 Å². The van der Waals surface area contributed by atoms with Gasteiger partial charge in [0, 0.05) is 14.3 Å². The minimum Gasteiger partial charge on any atom is -0.399 e. The number of nitrogens with zero attached hydrogens (tertiary/aromatic N) is 1. The van der Waals surface area contributed by atoms with Gasteiger partial charge in [0.05, 0.1) is 16.8 Å². The maximum atomic E-state index is 12.2. The molecule has 0 aromatic heterocycles. The van der Waals surface area contributed by atoms with Crippen LogP contribution in [-0.4, -0.2) is 5.91 Å². The van der Waals surface area contributed by atoms with Gasteiger partial charge in [-0.2, -0.15) is 5.26 Å². The largest absolute Gasteiger partial charge is 0.399 e. The van der Waals surface area contributed by atoms with Crippen LogP contribution in [0.5, 0.6) is 0 Å². The first-order valence-corrected chi connectivity index (χ1v) is 7.03. The Morgan fingerprint density at radius 1 is 1.30 bits per heavy atom. The highest BCUT2D eigenvalue weighted by Crippen LogP contribution is 2.22. The van der Waals surface area contributed by atoms with E-state index < -0.39 is 0 Å². The lowest BCUT2D eigenvalue weighted by Crippen LogP contribution is -2.14. The summed E-state index contributed by atoms with van der Waals surface area (Å²) in [5.74, 6) is -0.321. The van der Waals surface area contributed by atoms with E-state index in [1.807, 2.05) is 6.07 Å². The van der Waals surface area contributed by atoms with E-state index in [1.54, 1.807) is 30.3 Å². The summed E-state index contributed by atoms with van der Waals surface area (Å²) in [7, 11) is 0. The third-order valence-electron chi connectivity index (χ3n) is 2.59. The molecule has 0 aliphatic rings. The summed E-state index contributed by atoms with van der Waals surface area (Å²) >= 11 is 7.94. The molecule has 0 radical (unpaired) electrons. The quantitative estimate of drug-likeness (QED) is 0.600. The van der Waals surface area contributed by atoms with E-state index in [0.717, 1.165) is 3.57 Å². The van der Waals surface area contributed by atoms with Gasteiger partial charge in [0.2, 0.25) is 0 Å². The normalized spacial score (nSPS) is 9.85. The molecular weight excluding hydrogens is 389 g/mol. The molecule has 100 valence electrons. The summed E-state index contributed by atoms with van der Waals surface area (Å²) in [6, 6.07) is 11.8. The molecule has 0 aliphatic heterocycles. The van der Waals surface area contributed by atoms with Crippen LogP contribution in [0.15, 0.2) is 36.4 Å². The summed E-state index contributed by atoms with van der Waals surface area (Å²) < 4.78 is 0.776. The first kappa shape index (κ1) is 14.6. The second-order valence-electron chi connectivity index (χ2n) is 4.00. The van der Waals surface area contributed by atoms with Gasteiger partial charge in [-0.3, -0.25) is 4.79 Å². The molecule has 4 nitrogen and oxygen atoms in total. The molecule has 0 heterocycles. The number of nitrogens with one attached hydrogen (secondary N) is 1. The van der Waals surface area contributed by atoms with Gasteiger partial charge in [0.25, 0.3) is 5.91 Å². The molecule has 2 aromatic carbocycles. The van der Waals surface area contributed by atoms with Crippen LogP contribution in [0.1, 0.15) is 15.9 Å². The highest BCUT2D eigenvalue weighted by Gasteiger charge is 2.13. The predicted octanol–water partition coefficient (Wildman–Crippen LogP) is 3.65. The maximum Gasteiger partial charge on any atom is 0.256 e. The topological polar surface area (TPSA) is 78.9 Å². The molecule has 2 rings (SSSR count). The van der Waals surface area contributed by atoms with Crippen LogP contribution in [0.4, 0.5) is 11.4 Å². The third kappa shape index (κ3) is 3.21. The number of rotatable bonds is 2. The molecule has 3 N–H and O–H groups in total.